The number of aliphatic hydroxyl groups excluding tert-OH is 2. The predicted octanol–water partition coefficient (Wildman–Crippen LogP) is 3.26. The summed E-state index contributed by atoms with van der Waals surface area (Å²) >= 11 is 0. The molecule has 0 heterocycles. The van der Waals surface area contributed by atoms with Gasteiger partial charge in [0.15, 0.2) is 0 Å². The van der Waals surface area contributed by atoms with E-state index in [0.29, 0.717) is 6.42 Å². The molecule has 140 valence electrons. The topological polar surface area (TPSA) is 80.9 Å². The minimum atomic E-state index is -1.07. The highest BCUT2D eigenvalue weighted by molar-refractivity contribution is 5.07. The van der Waals surface area contributed by atoms with Crippen molar-refractivity contribution in [3.63, 3.8) is 0 Å². The summed E-state index contributed by atoms with van der Waals surface area (Å²) in [6, 6.07) is 0. The zero-order valence-electron chi connectivity index (χ0n) is 15.9. The van der Waals surface area contributed by atoms with Crippen LogP contribution >= 0.6 is 0 Å². The average Bonchev–Trinajstić information content (AvgIpc) is 2.42. The summed E-state index contributed by atoms with van der Waals surface area (Å²) in [4.78, 5) is 0. The van der Waals surface area contributed by atoms with Gasteiger partial charge in [-0.25, -0.2) is 0 Å². The fourth-order valence-corrected chi connectivity index (χ4v) is 2.34. The molecule has 3 atom stereocenters. The maximum atomic E-state index is 9.97. The molecule has 24 heavy (non-hydrogen) atoms. The Morgan fingerprint density at radius 2 is 1.62 bits per heavy atom. The van der Waals surface area contributed by atoms with Gasteiger partial charge in [-0.2, -0.15) is 0 Å². The standard InChI is InChI=1S/C20H36O4/c1-7-20(6,24)14-17(21)13-16(3)10-8-9-15(2)11-12-18(22)19(4,5)23/h7,9,13,17-18,21-24H,1,8,10-12,14H2,2-6H3/b15-9+,16-13+/t17-,18-,20+/m0/s1. The minimum absolute atomic E-state index is 0.234. The lowest BCUT2D eigenvalue weighted by Gasteiger charge is -2.24. The Balaban J connectivity index is 4.28. The monoisotopic (exact) mass is 340 g/mol. The van der Waals surface area contributed by atoms with E-state index in [2.05, 4.69) is 12.7 Å². The van der Waals surface area contributed by atoms with Crippen molar-refractivity contribution in [2.24, 2.45) is 0 Å². The first-order chi connectivity index (χ1) is 10.9. The average molecular weight is 341 g/mol. The first-order valence-corrected chi connectivity index (χ1v) is 8.65. The van der Waals surface area contributed by atoms with E-state index in [1.54, 1.807) is 26.8 Å². The Labute approximate surface area is 147 Å². The predicted molar refractivity (Wildman–Crippen MR) is 99.7 cm³/mol. The van der Waals surface area contributed by atoms with Crippen LogP contribution in [0.15, 0.2) is 36.0 Å². The molecule has 0 radical (unpaired) electrons. The van der Waals surface area contributed by atoms with Crippen LogP contribution in [-0.2, 0) is 0 Å². The first kappa shape index (κ1) is 23.1. The van der Waals surface area contributed by atoms with Crippen molar-refractivity contribution in [1.29, 1.82) is 0 Å². The van der Waals surface area contributed by atoms with E-state index in [0.717, 1.165) is 24.8 Å². The minimum Gasteiger partial charge on any atom is -0.390 e. The van der Waals surface area contributed by atoms with Crippen LogP contribution in [0.25, 0.3) is 0 Å². The van der Waals surface area contributed by atoms with E-state index in [9.17, 15) is 20.4 Å². The molecule has 0 spiro atoms. The molecule has 0 amide bonds. The van der Waals surface area contributed by atoms with Crippen LogP contribution in [0.5, 0.6) is 0 Å². The fourth-order valence-electron chi connectivity index (χ4n) is 2.34. The highest BCUT2D eigenvalue weighted by Crippen LogP contribution is 2.19. The molecule has 0 saturated heterocycles. The fraction of sp³-hybridized carbons (Fsp3) is 0.700. The number of rotatable bonds is 11. The van der Waals surface area contributed by atoms with Gasteiger partial charge in [0.05, 0.1) is 23.4 Å². The lowest BCUT2D eigenvalue weighted by atomic mass is 9.95. The quantitative estimate of drug-likeness (QED) is 0.435. The van der Waals surface area contributed by atoms with Crippen LogP contribution in [0.4, 0.5) is 0 Å². The third-order valence-corrected chi connectivity index (χ3v) is 4.20. The Morgan fingerprint density at radius 1 is 1.04 bits per heavy atom. The lowest BCUT2D eigenvalue weighted by Crippen LogP contribution is -2.35. The first-order valence-electron chi connectivity index (χ1n) is 8.65. The molecule has 4 nitrogen and oxygen atoms in total. The highest BCUT2D eigenvalue weighted by atomic mass is 16.3. The summed E-state index contributed by atoms with van der Waals surface area (Å²) in [7, 11) is 0. The molecule has 0 saturated carbocycles. The van der Waals surface area contributed by atoms with Crippen LogP contribution in [0.2, 0.25) is 0 Å². The van der Waals surface area contributed by atoms with Crippen molar-refractivity contribution in [3.8, 4) is 0 Å². The van der Waals surface area contributed by atoms with E-state index in [4.69, 9.17) is 0 Å². The normalized spacial score (nSPS) is 18.9. The molecule has 0 aromatic rings. The zero-order valence-corrected chi connectivity index (χ0v) is 15.9. The van der Waals surface area contributed by atoms with Gasteiger partial charge in [-0.1, -0.05) is 29.4 Å². The van der Waals surface area contributed by atoms with Crippen LogP contribution in [0, 0.1) is 0 Å². The van der Waals surface area contributed by atoms with E-state index in [-0.39, 0.29) is 6.42 Å². The number of aliphatic hydroxyl groups is 4. The molecule has 4 heteroatoms. The summed E-state index contributed by atoms with van der Waals surface area (Å²) in [5.41, 5.74) is 0.125. The maximum Gasteiger partial charge on any atom is 0.0849 e. The molecular weight excluding hydrogens is 304 g/mol. The van der Waals surface area contributed by atoms with Crippen LogP contribution in [0.1, 0.15) is 66.7 Å². The van der Waals surface area contributed by atoms with E-state index in [1.807, 2.05) is 13.8 Å². The summed E-state index contributed by atoms with van der Waals surface area (Å²) in [5.74, 6) is 0. The molecule has 0 aromatic carbocycles. The summed E-state index contributed by atoms with van der Waals surface area (Å²) < 4.78 is 0. The second kappa shape index (κ2) is 10.1. The zero-order chi connectivity index (χ0) is 19.0. The largest absolute Gasteiger partial charge is 0.390 e. The molecule has 0 aliphatic heterocycles. The van der Waals surface area contributed by atoms with Crippen molar-refractivity contribution in [2.75, 3.05) is 0 Å². The van der Waals surface area contributed by atoms with Crippen molar-refractivity contribution >= 4 is 0 Å². The Morgan fingerprint density at radius 3 is 2.12 bits per heavy atom. The van der Waals surface area contributed by atoms with Gasteiger partial charge in [-0.05, 0) is 60.3 Å². The Bertz CT molecular complexity index is 441. The van der Waals surface area contributed by atoms with Crippen LogP contribution in [-0.4, -0.2) is 43.8 Å². The Hall–Kier alpha value is -0.940. The van der Waals surface area contributed by atoms with E-state index < -0.39 is 23.4 Å². The molecule has 0 aliphatic rings. The van der Waals surface area contributed by atoms with Gasteiger partial charge in [-0.3, -0.25) is 0 Å². The summed E-state index contributed by atoms with van der Waals surface area (Å²) in [6.45, 7) is 12.4. The molecule has 0 unspecified atom stereocenters. The molecule has 0 aliphatic carbocycles. The number of allylic oxidation sites excluding steroid dienone is 3. The van der Waals surface area contributed by atoms with E-state index >= 15 is 0 Å². The van der Waals surface area contributed by atoms with Gasteiger partial charge in [0.25, 0.3) is 0 Å². The van der Waals surface area contributed by atoms with Crippen molar-refractivity contribution in [3.05, 3.63) is 36.0 Å². The number of hydrogen-bond donors (Lipinski definition) is 4. The third-order valence-electron chi connectivity index (χ3n) is 4.20. The third kappa shape index (κ3) is 10.8. The molecule has 4 N–H and O–H groups in total. The van der Waals surface area contributed by atoms with Crippen molar-refractivity contribution < 1.29 is 20.4 Å². The SMILES string of the molecule is C=C[C@@](C)(O)C[C@@H](O)/C=C(\C)CC/C=C(\C)CC[C@H](O)C(C)(C)O. The van der Waals surface area contributed by atoms with Crippen molar-refractivity contribution in [1.82, 2.24) is 0 Å². The molecular formula is C20H36O4. The second-order valence-corrected chi connectivity index (χ2v) is 7.64. The van der Waals surface area contributed by atoms with Gasteiger partial charge in [0.1, 0.15) is 0 Å². The van der Waals surface area contributed by atoms with Crippen LogP contribution in [0.3, 0.4) is 0 Å². The van der Waals surface area contributed by atoms with Crippen LogP contribution < -0.4 is 0 Å². The van der Waals surface area contributed by atoms with Gasteiger partial charge in [-0.15, -0.1) is 6.58 Å². The summed E-state index contributed by atoms with van der Waals surface area (Å²) in [6.07, 6.45) is 7.13. The van der Waals surface area contributed by atoms with Crippen molar-refractivity contribution in [2.45, 2.75) is 90.1 Å². The molecule has 0 fully saturated rings. The smallest absolute Gasteiger partial charge is 0.0849 e. The maximum absolute atomic E-state index is 9.97. The van der Waals surface area contributed by atoms with Gasteiger partial charge in [0.2, 0.25) is 0 Å². The van der Waals surface area contributed by atoms with Gasteiger partial charge < -0.3 is 20.4 Å². The second-order valence-electron chi connectivity index (χ2n) is 7.64. The molecule has 0 bridgehead atoms. The molecule has 0 rings (SSSR count). The Kier molecular flexibility index (Phi) is 9.74. The highest BCUT2D eigenvalue weighted by Gasteiger charge is 2.23. The lowest BCUT2D eigenvalue weighted by molar-refractivity contribution is -0.0509. The molecule has 0 aromatic heterocycles. The van der Waals surface area contributed by atoms with E-state index in [1.165, 1.54) is 11.6 Å². The van der Waals surface area contributed by atoms with Gasteiger partial charge in [0, 0.05) is 6.42 Å². The summed E-state index contributed by atoms with van der Waals surface area (Å²) in [5, 5.41) is 39.4. The number of hydrogen-bond acceptors (Lipinski definition) is 4. The van der Waals surface area contributed by atoms with Gasteiger partial charge >= 0.3 is 0 Å².